The average molecular weight is 480 g/mol. The molecule has 36 heavy (non-hydrogen) atoms. The van der Waals surface area contributed by atoms with Crippen LogP contribution in [0.1, 0.15) is 43.1 Å². The number of hydrogen-bond donors (Lipinski definition) is 1. The Labute approximate surface area is 206 Å². The van der Waals surface area contributed by atoms with E-state index in [9.17, 15) is 9.59 Å². The lowest BCUT2D eigenvalue weighted by molar-refractivity contribution is -0.195. The minimum Gasteiger partial charge on any atom is -0.468 e. The van der Waals surface area contributed by atoms with Crippen molar-refractivity contribution in [2.24, 2.45) is 5.41 Å². The third-order valence-electron chi connectivity index (χ3n) is 9.14. The molecule has 3 aromatic carbocycles. The molecule has 3 atom stereocenters. The van der Waals surface area contributed by atoms with Crippen LogP contribution >= 0.6 is 0 Å². The standard InChI is InChI=1S/C29H25N3O4/c1-27(26(34)35-4)14-28(2)31-18-11-7-6-10-16(18)21-22-17(13-30-25(22)33)20-15-9-5-8-12-19(15)32(23(20)24(21)31)29(27,3)36-28/h5-12H,13-14H2,1-4H3,(H,30,33)/t27-,28?,29?/m1/s1. The van der Waals surface area contributed by atoms with E-state index in [1.807, 2.05) is 38.1 Å². The molecule has 7 heteroatoms. The van der Waals surface area contributed by atoms with E-state index >= 15 is 0 Å². The largest absolute Gasteiger partial charge is 0.468 e. The van der Waals surface area contributed by atoms with Crippen molar-refractivity contribution in [2.45, 2.75) is 45.2 Å². The van der Waals surface area contributed by atoms with Gasteiger partial charge in [-0.15, -0.1) is 0 Å². The van der Waals surface area contributed by atoms with E-state index in [0.717, 1.165) is 54.7 Å². The van der Waals surface area contributed by atoms with Gasteiger partial charge in [0.1, 0.15) is 11.1 Å². The molecule has 5 heterocycles. The van der Waals surface area contributed by atoms with Gasteiger partial charge in [0.05, 0.1) is 34.7 Å². The number of fused-ring (bicyclic) bond motifs is 13. The Kier molecular flexibility index (Phi) is 3.35. The molecule has 3 aliphatic heterocycles. The van der Waals surface area contributed by atoms with Crippen molar-refractivity contribution in [3.8, 4) is 0 Å². The van der Waals surface area contributed by atoms with E-state index < -0.39 is 16.9 Å². The zero-order valence-corrected chi connectivity index (χ0v) is 20.6. The second-order valence-electron chi connectivity index (χ2n) is 10.9. The van der Waals surface area contributed by atoms with Crippen molar-refractivity contribution in [1.29, 1.82) is 0 Å². The molecule has 2 bridgehead atoms. The summed E-state index contributed by atoms with van der Waals surface area (Å²) in [5.74, 6) is -0.341. The first kappa shape index (κ1) is 20.4. The molecule has 0 saturated carbocycles. The maximum Gasteiger partial charge on any atom is 0.316 e. The third kappa shape index (κ3) is 1.90. The van der Waals surface area contributed by atoms with Crippen LogP contribution in [-0.4, -0.2) is 28.1 Å². The molecule has 0 aliphatic carbocycles. The number of rotatable bonds is 1. The van der Waals surface area contributed by atoms with Crippen molar-refractivity contribution in [2.75, 3.05) is 7.11 Å². The monoisotopic (exact) mass is 479 g/mol. The van der Waals surface area contributed by atoms with Gasteiger partial charge in [-0.05, 0) is 38.5 Å². The number of methoxy groups -OCH3 is 1. The Bertz CT molecular complexity index is 1880. The Morgan fingerprint density at radius 1 is 0.944 bits per heavy atom. The van der Waals surface area contributed by atoms with E-state index in [4.69, 9.17) is 9.47 Å². The lowest BCUT2D eigenvalue weighted by atomic mass is 9.76. The zero-order valence-electron chi connectivity index (χ0n) is 20.6. The molecular formula is C29H25N3O4. The van der Waals surface area contributed by atoms with Crippen LogP contribution in [0.25, 0.3) is 43.6 Å². The Morgan fingerprint density at radius 3 is 2.25 bits per heavy atom. The fourth-order valence-electron chi connectivity index (χ4n) is 7.68. The van der Waals surface area contributed by atoms with Gasteiger partial charge in [-0.25, -0.2) is 0 Å². The third-order valence-corrected chi connectivity index (χ3v) is 9.14. The highest BCUT2D eigenvalue weighted by Crippen LogP contribution is 2.62. The first-order valence-electron chi connectivity index (χ1n) is 12.3. The second-order valence-corrected chi connectivity index (χ2v) is 10.9. The highest BCUT2D eigenvalue weighted by Gasteiger charge is 2.67. The summed E-state index contributed by atoms with van der Waals surface area (Å²) < 4.78 is 17.0. The van der Waals surface area contributed by atoms with Gasteiger partial charge in [-0.2, -0.15) is 0 Å². The molecule has 1 N–H and O–H groups in total. The number of esters is 1. The van der Waals surface area contributed by atoms with Gasteiger partial charge < -0.3 is 23.9 Å². The summed E-state index contributed by atoms with van der Waals surface area (Å²) in [7, 11) is 1.44. The van der Waals surface area contributed by atoms with Crippen LogP contribution in [0.5, 0.6) is 0 Å². The van der Waals surface area contributed by atoms with Gasteiger partial charge in [-0.3, -0.25) is 9.59 Å². The molecule has 2 aromatic heterocycles. The molecule has 7 nitrogen and oxygen atoms in total. The number of carbonyl (C=O) groups is 2. The van der Waals surface area contributed by atoms with Crippen LogP contribution in [0.4, 0.5) is 0 Å². The topological polar surface area (TPSA) is 74.5 Å². The summed E-state index contributed by atoms with van der Waals surface area (Å²) in [5, 5.41) is 7.15. The Hall–Kier alpha value is -3.84. The number of para-hydroxylation sites is 2. The molecule has 0 spiro atoms. The van der Waals surface area contributed by atoms with Crippen LogP contribution in [0, 0.1) is 5.41 Å². The van der Waals surface area contributed by atoms with Gasteiger partial charge in [0.25, 0.3) is 5.91 Å². The number of benzene rings is 3. The van der Waals surface area contributed by atoms with Gasteiger partial charge >= 0.3 is 5.97 Å². The van der Waals surface area contributed by atoms with Crippen molar-refractivity contribution < 1.29 is 19.1 Å². The van der Waals surface area contributed by atoms with Crippen LogP contribution in [0.2, 0.25) is 0 Å². The number of nitrogens with zero attached hydrogens (tertiary/aromatic N) is 2. The van der Waals surface area contributed by atoms with Gasteiger partial charge in [0.15, 0.2) is 5.72 Å². The zero-order chi connectivity index (χ0) is 24.8. The minimum absolute atomic E-state index is 0.0438. The molecule has 180 valence electrons. The van der Waals surface area contributed by atoms with Crippen molar-refractivity contribution >= 4 is 55.5 Å². The number of nitrogens with one attached hydrogen (secondary N) is 1. The predicted octanol–water partition coefficient (Wildman–Crippen LogP) is 5.10. The smallest absolute Gasteiger partial charge is 0.316 e. The molecule has 1 amide bonds. The maximum atomic E-state index is 13.5. The van der Waals surface area contributed by atoms with E-state index in [-0.39, 0.29) is 11.9 Å². The minimum atomic E-state index is -1.03. The molecule has 1 saturated heterocycles. The SMILES string of the molecule is COC(=O)[C@@]1(C)CC2(C)OC1(C)n1c3ccccc3c3c4c(c5c6ccccc6n2c5c31)C(=O)NC4. The number of amides is 1. The van der Waals surface area contributed by atoms with Crippen LogP contribution < -0.4 is 5.32 Å². The maximum absolute atomic E-state index is 13.5. The quantitative estimate of drug-likeness (QED) is 0.339. The highest BCUT2D eigenvalue weighted by atomic mass is 16.6. The summed E-state index contributed by atoms with van der Waals surface area (Å²) in [6, 6.07) is 16.4. The normalized spacial score (nSPS) is 28.4. The van der Waals surface area contributed by atoms with E-state index in [1.165, 1.54) is 7.11 Å². The summed E-state index contributed by atoms with van der Waals surface area (Å²) in [6.45, 7) is 6.49. The Balaban J connectivity index is 1.76. The van der Waals surface area contributed by atoms with Gasteiger partial charge in [0, 0.05) is 34.5 Å². The average Bonchev–Trinajstić information content (AvgIpc) is 3.55. The van der Waals surface area contributed by atoms with E-state index in [2.05, 4.69) is 45.6 Å². The van der Waals surface area contributed by atoms with Crippen molar-refractivity contribution in [3.63, 3.8) is 0 Å². The number of hydrogen-bond acceptors (Lipinski definition) is 4. The molecule has 3 aliphatic rings. The number of aromatic nitrogens is 2. The lowest BCUT2D eigenvalue weighted by Gasteiger charge is -2.39. The first-order valence-corrected chi connectivity index (χ1v) is 12.3. The summed E-state index contributed by atoms with van der Waals surface area (Å²) in [5.41, 5.74) is 2.84. The summed E-state index contributed by atoms with van der Waals surface area (Å²) >= 11 is 0. The molecule has 5 aromatic rings. The molecule has 8 rings (SSSR count). The predicted molar refractivity (Wildman–Crippen MR) is 137 cm³/mol. The number of ether oxygens (including phenoxy) is 2. The van der Waals surface area contributed by atoms with E-state index in [0.29, 0.717) is 13.0 Å². The summed E-state index contributed by atoms with van der Waals surface area (Å²) in [4.78, 5) is 26.9. The van der Waals surface area contributed by atoms with Gasteiger partial charge in [0.2, 0.25) is 0 Å². The highest BCUT2D eigenvalue weighted by molar-refractivity contribution is 6.31. The van der Waals surface area contributed by atoms with Crippen LogP contribution in [0.3, 0.4) is 0 Å². The first-order chi connectivity index (χ1) is 17.2. The van der Waals surface area contributed by atoms with Crippen molar-refractivity contribution in [3.05, 3.63) is 59.7 Å². The molecule has 0 radical (unpaired) electrons. The molecule has 2 unspecified atom stereocenters. The molecule has 1 fully saturated rings. The van der Waals surface area contributed by atoms with Gasteiger partial charge in [-0.1, -0.05) is 36.4 Å². The fraction of sp³-hybridized carbons (Fsp3) is 0.310. The van der Waals surface area contributed by atoms with Crippen LogP contribution in [0.15, 0.2) is 48.5 Å². The lowest BCUT2D eigenvalue weighted by Crippen LogP contribution is -2.48. The fourth-order valence-corrected chi connectivity index (χ4v) is 7.68. The summed E-state index contributed by atoms with van der Waals surface area (Å²) in [6.07, 6.45) is 0.424. The van der Waals surface area contributed by atoms with Crippen molar-refractivity contribution in [1.82, 2.24) is 14.5 Å². The molecular weight excluding hydrogens is 454 g/mol. The van der Waals surface area contributed by atoms with E-state index in [1.54, 1.807) is 0 Å². The Morgan fingerprint density at radius 2 is 1.56 bits per heavy atom. The second kappa shape index (κ2) is 5.93. The number of carbonyl (C=O) groups excluding carboxylic acids is 2. The van der Waals surface area contributed by atoms with Crippen LogP contribution in [-0.2, 0) is 32.3 Å².